The maximum absolute atomic E-state index is 11.2. The largest absolute Gasteiger partial charge is 0.373 e. The standard InChI is InChI=1S/C18H33NO2/c1-16(2)18(20)19-14-12-10-8-6-4-3-5-7-9-11-13-17-15-21-17/h17H,1,3-15H2,2H3,(H,19,20). The summed E-state index contributed by atoms with van der Waals surface area (Å²) < 4.78 is 5.21. The monoisotopic (exact) mass is 295 g/mol. The van der Waals surface area contributed by atoms with E-state index in [0.29, 0.717) is 11.7 Å². The average molecular weight is 295 g/mol. The molecule has 0 bridgehead atoms. The van der Waals surface area contributed by atoms with Gasteiger partial charge in [0.05, 0.1) is 12.7 Å². The highest BCUT2D eigenvalue weighted by Gasteiger charge is 2.20. The van der Waals surface area contributed by atoms with E-state index in [1.807, 2.05) is 0 Å². The van der Waals surface area contributed by atoms with Gasteiger partial charge in [-0.1, -0.05) is 64.4 Å². The Morgan fingerprint density at radius 2 is 1.48 bits per heavy atom. The first-order valence-corrected chi connectivity index (χ1v) is 8.75. The number of ether oxygens (including phenoxy) is 1. The molecule has 122 valence electrons. The van der Waals surface area contributed by atoms with Crippen molar-refractivity contribution in [3.63, 3.8) is 0 Å². The maximum atomic E-state index is 11.2. The SMILES string of the molecule is C=C(C)C(=O)NCCCCCCCCCCCCC1CO1. The Kier molecular flexibility index (Phi) is 10.2. The van der Waals surface area contributed by atoms with E-state index in [1.165, 1.54) is 64.2 Å². The summed E-state index contributed by atoms with van der Waals surface area (Å²) in [6.45, 7) is 7.17. The number of nitrogens with one attached hydrogen (secondary N) is 1. The molecule has 1 aliphatic heterocycles. The van der Waals surface area contributed by atoms with E-state index in [1.54, 1.807) is 6.92 Å². The Balaban J connectivity index is 1.68. The molecule has 0 radical (unpaired) electrons. The van der Waals surface area contributed by atoms with Gasteiger partial charge in [-0.25, -0.2) is 0 Å². The molecule has 0 spiro atoms. The third-order valence-corrected chi connectivity index (χ3v) is 4.03. The minimum Gasteiger partial charge on any atom is -0.373 e. The second-order valence-corrected chi connectivity index (χ2v) is 6.32. The summed E-state index contributed by atoms with van der Waals surface area (Å²) in [7, 11) is 0. The summed E-state index contributed by atoms with van der Waals surface area (Å²) in [5, 5.41) is 2.88. The minimum absolute atomic E-state index is 0.0109. The van der Waals surface area contributed by atoms with E-state index in [2.05, 4.69) is 11.9 Å². The fourth-order valence-electron chi connectivity index (χ4n) is 2.50. The minimum atomic E-state index is -0.0109. The second kappa shape index (κ2) is 11.8. The van der Waals surface area contributed by atoms with Gasteiger partial charge in [0.15, 0.2) is 0 Å². The number of epoxide rings is 1. The highest BCUT2D eigenvalue weighted by atomic mass is 16.6. The van der Waals surface area contributed by atoms with Crippen molar-refractivity contribution in [3.05, 3.63) is 12.2 Å². The van der Waals surface area contributed by atoms with Crippen LogP contribution in [0.25, 0.3) is 0 Å². The van der Waals surface area contributed by atoms with Crippen molar-refractivity contribution in [2.24, 2.45) is 0 Å². The Hall–Kier alpha value is -0.830. The number of hydrogen-bond acceptors (Lipinski definition) is 2. The lowest BCUT2D eigenvalue weighted by Gasteiger charge is -2.05. The topological polar surface area (TPSA) is 41.6 Å². The van der Waals surface area contributed by atoms with Gasteiger partial charge in [-0.3, -0.25) is 4.79 Å². The summed E-state index contributed by atoms with van der Waals surface area (Å²) >= 11 is 0. The quantitative estimate of drug-likeness (QED) is 0.294. The molecular weight excluding hydrogens is 262 g/mol. The van der Waals surface area contributed by atoms with Crippen LogP contribution < -0.4 is 5.32 Å². The van der Waals surface area contributed by atoms with Crippen LogP contribution in [0, 0.1) is 0 Å². The van der Waals surface area contributed by atoms with Crippen LogP contribution in [0.5, 0.6) is 0 Å². The lowest BCUT2D eigenvalue weighted by Crippen LogP contribution is -2.24. The van der Waals surface area contributed by atoms with Gasteiger partial charge in [0, 0.05) is 12.1 Å². The van der Waals surface area contributed by atoms with Crippen LogP contribution in [0.2, 0.25) is 0 Å². The molecule has 1 rings (SSSR count). The summed E-state index contributed by atoms with van der Waals surface area (Å²) in [4.78, 5) is 11.2. The number of carbonyl (C=O) groups is 1. The molecule has 1 unspecified atom stereocenters. The van der Waals surface area contributed by atoms with Gasteiger partial charge >= 0.3 is 0 Å². The first-order valence-electron chi connectivity index (χ1n) is 8.75. The molecule has 21 heavy (non-hydrogen) atoms. The Morgan fingerprint density at radius 3 is 1.95 bits per heavy atom. The zero-order valence-corrected chi connectivity index (χ0v) is 13.8. The summed E-state index contributed by atoms with van der Waals surface area (Å²) in [6, 6.07) is 0. The Labute approximate surface area is 130 Å². The first kappa shape index (κ1) is 18.2. The molecule has 1 amide bonds. The molecule has 0 saturated carbocycles. The van der Waals surface area contributed by atoms with Crippen LogP contribution in [0.1, 0.15) is 77.6 Å². The lowest BCUT2D eigenvalue weighted by molar-refractivity contribution is -0.117. The number of carbonyl (C=O) groups excluding carboxylic acids is 1. The highest BCUT2D eigenvalue weighted by Crippen LogP contribution is 2.18. The molecule has 3 nitrogen and oxygen atoms in total. The second-order valence-electron chi connectivity index (χ2n) is 6.32. The zero-order valence-electron chi connectivity index (χ0n) is 13.8. The molecule has 1 atom stereocenters. The van der Waals surface area contributed by atoms with Gasteiger partial charge in [-0.15, -0.1) is 0 Å². The first-order chi connectivity index (χ1) is 10.2. The molecule has 1 saturated heterocycles. The van der Waals surface area contributed by atoms with Gasteiger partial charge in [0.1, 0.15) is 0 Å². The molecule has 1 fully saturated rings. The van der Waals surface area contributed by atoms with Gasteiger partial charge in [-0.2, -0.15) is 0 Å². The van der Waals surface area contributed by atoms with E-state index < -0.39 is 0 Å². The maximum Gasteiger partial charge on any atom is 0.246 e. The van der Waals surface area contributed by atoms with Gasteiger partial charge in [0.25, 0.3) is 0 Å². The van der Waals surface area contributed by atoms with E-state index in [4.69, 9.17) is 4.74 Å². The predicted octanol–water partition coefficient (Wildman–Crippen LogP) is 4.37. The molecule has 1 N–H and O–H groups in total. The van der Waals surface area contributed by atoms with Crippen molar-refractivity contribution in [3.8, 4) is 0 Å². The van der Waals surface area contributed by atoms with Crippen LogP contribution >= 0.6 is 0 Å². The number of amides is 1. The van der Waals surface area contributed by atoms with Gasteiger partial charge < -0.3 is 10.1 Å². The van der Waals surface area contributed by atoms with Crippen LogP contribution in [-0.4, -0.2) is 25.2 Å². The Bertz CT molecular complexity index is 298. The molecule has 0 aromatic heterocycles. The summed E-state index contributed by atoms with van der Waals surface area (Å²) in [5.41, 5.74) is 0.597. The van der Waals surface area contributed by atoms with E-state index in [0.717, 1.165) is 19.6 Å². The Morgan fingerprint density at radius 1 is 1.00 bits per heavy atom. The molecule has 1 heterocycles. The highest BCUT2D eigenvalue weighted by molar-refractivity contribution is 5.91. The van der Waals surface area contributed by atoms with Gasteiger partial charge in [-0.05, 0) is 19.8 Å². The van der Waals surface area contributed by atoms with Gasteiger partial charge in [0.2, 0.25) is 5.91 Å². The van der Waals surface area contributed by atoms with E-state index in [-0.39, 0.29) is 5.91 Å². The van der Waals surface area contributed by atoms with Crippen LogP contribution in [0.3, 0.4) is 0 Å². The van der Waals surface area contributed by atoms with Crippen molar-refractivity contribution >= 4 is 5.91 Å². The zero-order chi connectivity index (χ0) is 15.3. The molecule has 0 aromatic carbocycles. The number of unbranched alkanes of at least 4 members (excludes halogenated alkanes) is 9. The summed E-state index contributed by atoms with van der Waals surface area (Å²) in [5.74, 6) is -0.0109. The predicted molar refractivity (Wildman–Crippen MR) is 88.4 cm³/mol. The van der Waals surface area contributed by atoms with Crippen molar-refractivity contribution in [2.45, 2.75) is 83.7 Å². The van der Waals surface area contributed by atoms with Crippen molar-refractivity contribution in [2.75, 3.05) is 13.2 Å². The normalized spacial score (nSPS) is 16.7. The molecule has 3 heteroatoms. The fourth-order valence-corrected chi connectivity index (χ4v) is 2.50. The number of hydrogen-bond donors (Lipinski definition) is 1. The summed E-state index contributed by atoms with van der Waals surface area (Å²) in [6.07, 6.45) is 15.1. The van der Waals surface area contributed by atoms with Crippen molar-refractivity contribution in [1.29, 1.82) is 0 Å². The number of rotatable bonds is 14. The van der Waals surface area contributed by atoms with Crippen molar-refractivity contribution < 1.29 is 9.53 Å². The third kappa shape index (κ3) is 11.5. The molecule has 1 aliphatic rings. The van der Waals surface area contributed by atoms with E-state index in [9.17, 15) is 4.79 Å². The van der Waals surface area contributed by atoms with Crippen LogP contribution in [0.15, 0.2) is 12.2 Å². The molecular formula is C18H33NO2. The molecule has 0 aromatic rings. The van der Waals surface area contributed by atoms with Crippen molar-refractivity contribution in [1.82, 2.24) is 5.32 Å². The molecule has 0 aliphatic carbocycles. The average Bonchev–Trinajstić information content (AvgIpc) is 3.27. The van der Waals surface area contributed by atoms with Crippen LogP contribution in [0.4, 0.5) is 0 Å². The smallest absolute Gasteiger partial charge is 0.246 e. The lowest BCUT2D eigenvalue weighted by atomic mass is 10.1. The fraction of sp³-hybridized carbons (Fsp3) is 0.833. The van der Waals surface area contributed by atoms with Crippen LogP contribution in [-0.2, 0) is 9.53 Å². The van der Waals surface area contributed by atoms with E-state index >= 15 is 0 Å². The third-order valence-electron chi connectivity index (χ3n) is 4.03.